The van der Waals surface area contributed by atoms with Crippen molar-refractivity contribution in [3.05, 3.63) is 23.3 Å². The molecule has 1 aliphatic rings. The van der Waals surface area contributed by atoms with Crippen molar-refractivity contribution in [1.82, 2.24) is 0 Å². The van der Waals surface area contributed by atoms with Crippen LogP contribution in [0.3, 0.4) is 0 Å². The molecule has 1 fully saturated rings. The number of hydrogen-bond donors (Lipinski definition) is 0. The van der Waals surface area contributed by atoms with E-state index in [0.717, 1.165) is 5.57 Å². The lowest BCUT2D eigenvalue weighted by Gasteiger charge is -2.44. The van der Waals surface area contributed by atoms with E-state index in [1.165, 1.54) is 13.0 Å². The Morgan fingerprint density at radius 2 is 1.07 bits per heavy atom. The van der Waals surface area contributed by atoms with E-state index in [4.69, 9.17) is 9.47 Å². The van der Waals surface area contributed by atoms with Crippen molar-refractivity contribution in [2.45, 2.75) is 89.0 Å². The number of esters is 4. The molecule has 264 valence electrons. The summed E-state index contributed by atoms with van der Waals surface area (Å²) in [6.07, 6.45) is -35.2. The molecule has 1 rings (SSSR count). The van der Waals surface area contributed by atoms with Crippen LogP contribution in [-0.4, -0.2) is 92.5 Å². The summed E-state index contributed by atoms with van der Waals surface area (Å²) in [7, 11) is 0. The lowest BCUT2D eigenvalue weighted by Crippen LogP contribution is -2.64. The molecule has 46 heavy (non-hydrogen) atoms. The highest BCUT2D eigenvalue weighted by Gasteiger charge is 2.59. The minimum absolute atomic E-state index is 0.337. The number of hydrogen-bond acceptors (Lipinski definition) is 10. The molecule has 0 N–H and O–H groups in total. The molecule has 0 amide bonds. The van der Waals surface area contributed by atoms with E-state index in [0.29, 0.717) is 18.4 Å². The van der Waals surface area contributed by atoms with E-state index in [1.54, 1.807) is 19.9 Å². The fourth-order valence-corrected chi connectivity index (χ4v) is 3.34. The maximum Gasteiger partial charge on any atom is 0.490 e. The van der Waals surface area contributed by atoms with Gasteiger partial charge in [-0.05, 0) is 33.6 Å². The van der Waals surface area contributed by atoms with Gasteiger partial charge in [0.15, 0.2) is 24.6 Å². The van der Waals surface area contributed by atoms with Crippen molar-refractivity contribution in [2.24, 2.45) is 0 Å². The number of carbonyl (C=O) groups excluding carboxylic acids is 4. The van der Waals surface area contributed by atoms with Gasteiger partial charge in [0.05, 0.1) is 6.61 Å². The van der Waals surface area contributed by atoms with Gasteiger partial charge in [0.1, 0.15) is 12.7 Å². The van der Waals surface area contributed by atoms with Gasteiger partial charge in [0, 0.05) is 0 Å². The molecule has 0 aromatic rings. The third kappa shape index (κ3) is 13.0. The predicted octanol–water partition coefficient (Wildman–Crippen LogP) is 4.95. The molecule has 1 heterocycles. The van der Waals surface area contributed by atoms with Crippen LogP contribution in [0.1, 0.15) is 33.6 Å². The van der Waals surface area contributed by atoms with E-state index in [9.17, 15) is 71.9 Å². The van der Waals surface area contributed by atoms with Gasteiger partial charge < -0.3 is 28.4 Å². The highest BCUT2D eigenvalue weighted by molar-refractivity contribution is 5.78. The second-order valence-corrected chi connectivity index (χ2v) is 9.45. The van der Waals surface area contributed by atoms with E-state index >= 15 is 0 Å². The molecule has 5 atom stereocenters. The normalized spacial score (nSPS) is 22.8. The SMILES string of the molecule is CC(C)=CCC/C(C)=C\CO[C@@H]1O[C@H](COC(=O)C(F)(F)F)[C@@H](OC(=O)C(F)(F)F)[C@H](OC(=O)C(F)(F)F)[C@H]1OC(=O)C(F)(F)F. The zero-order chi connectivity index (χ0) is 35.8. The summed E-state index contributed by atoms with van der Waals surface area (Å²) >= 11 is 0. The van der Waals surface area contributed by atoms with Crippen LogP contribution in [0.5, 0.6) is 0 Å². The Labute approximate surface area is 250 Å². The lowest BCUT2D eigenvalue weighted by molar-refractivity contribution is -0.320. The van der Waals surface area contributed by atoms with Gasteiger partial charge in [-0.1, -0.05) is 23.3 Å². The van der Waals surface area contributed by atoms with Crippen LogP contribution in [-0.2, 0) is 47.6 Å². The Hall–Kier alpha value is -3.56. The minimum atomic E-state index is -6.05. The summed E-state index contributed by atoms with van der Waals surface area (Å²) < 4.78 is 181. The molecule has 1 aliphatic heterocycles. The van der Waals surface area contributed by atoms with E-state index in [-0.39, 0.29) is 0 Å². The zero-order valence-corrected chi connectivity index (χ0v) is 23.5. The van der Waals surface area contributed by atoms with Crippen molar-refractivity contribution in [1.29, 1.82) is 0 Å². The van der Waals surface area contributed by atoms with Gasteiger partial charge in [0.25, 0.3) is 0 Å². The first kappa shape index (κ1) is 40.5. The summed E-state index contributed by atoms with van der Waals surface area (Å²) in [5.41, 5.74) is 1.43. The molecule has 1 saturated heterocycles. The molecule has 0 aromatic heterocycles. The molecule has 0 unspecified atom stereocenters. The monoisotopic (exact) mass is 700 g/mol. The first-order valence-electron chi connectivity index (χ1n) is 12.4. The molecule has 0 aromatic carbocycles. The largest absolute Gasteiger partial charge is 0.490 e. The molecule has 0 radical (unpaired) electrons. The number of halogens is 12. The molecular formula is C24H24F12O10. The van der Waals surface area contributed by atoms with Gasteiger partial charge in [0.2, 0.25) is 0 Å². The average Bonchev–Trinajstić information content (AvgIpc) is 2.87. The van der Waals surface area contributed by atoms with Crippen LogP contribution in [0.25, 0.3) is 0 Å². The van der Waals surface area contributed by atoms with Gasteiger partial charge >= 0.3 is 48.6 Å². The maximum atomic E-state index is 13.1. The van der Waals surface area contributed by atoms with Crippen LogP contribution in [0.4, 0.5) is 52.7 Å². The van der Waals surface area contributed by atoms with Crippen molar-refractivity contribution in [3.8, 4) is 0 Å². The summed E-state index contributed by atoms with van der Waals surface area (Å²) in [5, 5.41) is 0. The van der Waals surface area contributed by atoms with Gasteiger partial charge in [-0.15, -0.1) is 0 Å². The summed E-state index contributed by atoms with van der Waals surface area (Å²) in [6.45, 7) is 2.35. The summed E-state index contributed by atoms with van der Waals surface area (Å²) in [4.78, 5) is 46.1. The molecule has 0 spiro atoms. The third-order valence-corrected chi connectivity index (χ3v) is 5.41. The minimum Gasteiger partial charge on any atom is -0.456 e. The van der Waals surface area contributed by atoms with Crippen molar-refractivity contribution < 1.29 is 100 Å². The van der Waals surface area contributed by atoms with E-state index < -0.39 is 92.5 Å². The smallest absolute Gasteiger partial charge is 0.456 e. The van der Waals surface area contributed by atoms with Crippen molar-refractivity contribution in [3.63, 3.8) is 0 Å². The summed E-state index contributed by atoms with van der Waals surface area (Å²) in [5.74, 6) is -13.0. The zero-order valence-electron chi connectivity index (χ0n) is 23.5. The third-order valence-electron chi connectivity index (χ3n) is 5.41. The average molecular weight is 700 g/mol. The molecule has 10 nitrogen and oxygen atoms in total. The van der Waals surface area contributed by atoms with Crippen LogP contribution in [0.15, 0.2) is 23.3 Å². The van der Waals surface area contributed by atoms with Gasteiger partial charge in [-0.2, -0.15) is 52.7 Å². The predicted molar refractivity (Wildman–Crippen MR) is 122 cm³/mol. The Bertz CT molecular complexity index is 1150. The molecule has 22 heteroatoms. The van der Waals surface area contributed by atoms with Gasteiger partial charge in [-0.3, -0.25) is 0 Å². The Kier molecular flexibility index (Phi) is 13.9. The Morgan fingerprint density at radius 1 is 0.630 bits per heavy atom. The molecule has 0 saturated carbocycles. The number of alkyl halides is 12. The van der Waals surface area contributed by atoms with Crippen LogP contribution in [0, 0.1) is 0 Å². The first-order chi connectivity index (χ1) is 20.7. The van der Waals surface area contributed by atoms with E-state index in [1.807, 2.05) is 0 Å². The summed E-state index contributed by atoms with van der Waals surface area (Å²) in [6, 6.07) is 0. The number of carbonyl (C=O) groups is 4. The number of allylic oxidation sites excluding steroid dienone is 3. The standard InChI is InChI=1S/C24H24F12O10/c1-10(2)5-4-6-11(3)7-8-41-16-15(46-20(40)24(34,35)36)14(45-19(39)23(31,32)33)13(44-18(38)22(28,29)30)12(43-16)9-42-17(37)21(25,26)27/h5,7,12-16H,4,6,8-9H2,1-3H3/b11-7-/t12-,13-,14+,15-,16-/m1/s1. The van der Waals surface area contributed by atoms with Gasteiger partial charge in [-0.25, -0.2) is 19.2 Å². The molecule has 0 aliphatic carbocycles. The molecular weight excluding hydrogens is 676 g/mol. The fraction of sp³-hybridized carbons (Fsp3) is 0.667. The number of rotatable bonds is 11. The Morgan fingerprint density at radius 3 is 1.50 bits per heavy atom. The van der Waals surface area contributed by atoms with Crippen molar-refractivity contribution >= 4 is 23.9 Å². The quantitative estimate of drug-likeness (QED) is 0.127. The van der Waals surface area contributed by atoms with Crippen LogP contribution in [0.2, 0.25) is 0 Å². The topological polar surface area (TPSA) is 124 Å². The van der Waals surface area contributed by atoms with E-state index in [2.05, 4.69) is 18.9 Å². The lowest BCUT2D eigenvalue weighted by atomic mass is 9.98. The van der Waals surface area contributed by atoms with Crippen LogP contribution < -0.4 is 0 Å². The van der Waals surface area contributed by atoms with Crippen LogP contribution >= 0.6 is 0 Å². The maximum absolute atomic E-state index is 13.1. The highest BCUT2D eigenvalue weighted by atomic mass is 19.4. The second kappa shape index (κ2) is 15.8. The second-order valence-electron chi connectivity index (χ2n) is 9.45. The first-order valence-corrected chi connectivity index (χ1v) is 12.4. The highest BCUT2D eigenvalue weighted by Crippen LogP contribution is 2.34. The fourth-order valence-electron chi connectivity index (χ4n) is 3.34. The molecule has 0 bridgehead atoms. The number of ether oxygens (including phenoxy) is 6. The Balaban J connectivity index is 3.69. The van der Waals surface area contributed by atoms with Crippen molar-refractivity contribution in [2.75, 3.05) is 13.2 Å².